The van der Waals surface area contributed by atoms with Gasteiger partial charge >= 0.3 is 0 Å². The summed E-state index contributed by atoms with van der Waals surface area (Å²) in [5, 5.41) is 3.11. The second kappa shape index (κ2) is 8.97. The molecule has 28 heavy (non-hydrogen) atoms. The summed E-state index contributed by atoms with van der Waals surface area (Å²) in [7, 11) is 0.121. The smallest absolute Gasteiger partial charge is 0.131 e. The van der Waals surface area contributed by atoms with E-state index in [1.165, 1.54) is 18.2 Å². The Morgan fingerprint density at radius 1 is 0.964 bits per heavy atom. The zero-order valence-electron chi connectivity index (χ0n) is 15.6. The summed E-state index contributed by atoms with van der Waals surface area (Å²) >= 11 is 0. The minimum absolute atomic E-state index is 0.0208. The Kier molecular flexibility index (Phi) is 6.41. The summed E-state index contributed by atoms with van der Waals surface area (Å²) in [6, 6.07) is 17.2. The van der Waals surface area contributed by atoms with Crippen LogP contribution in [0.3, 0.4) is 0 Å². The van der Waals surface area contributed by atoms with E-state index in [2.05, 4.69) is 5.32 Å². The van der Waals surface area contributed by atoms with Gasteiger partial charge in [-0.2, -0.15) is 0 Å². The quantitative estimate of drug-likeness (QED) is 0.588. The molecule has 0 saturated carbocycles. The van der Waals surface area contributed by atoms with Crippen molar-refractivity contribution in [3.05, 3.63) is 89.5 Å². The van der Waals surface area contributed by atoms with Gasteiger partial charge in [-0.05, 0) is 55.5 Å². The number of aryl methyl sites for hydroxylation is 1. The number of benzene rings is 3. The van der Waals surface area contributed by atoms with Gasteiger partial charge in [-0.3, -0.25) is 4.21 Å². The number of ether oxygens (including phenoxy) is 1. The zero-order chi connectivity index (χ0) is 20.1. The van der Waals surface area contributed by atoms with E-state index < -0.39 is 28.5 Å². The molecule has 0 saturated heterocycles. The van der Waals surface area contributed by atoms with Crippen LogP contribution < -0.4 is 10.1 Å². The molecule has 0 amide bonds. The largest absolute Gasteiger partial charge is 0.497 e. The predicted octanol–water partition coefficient (Wildman–Crippen LogP) is 5.24. The number of halogens is 2. The molecular weight excluding hydrogens is 380 g/mol. The van der Waals surface area contributed by atoms with Crippen molar-refractivity contribution < 1.29 is 17.7 Å². The lowest BCUT2D eigenvalue weighted by molar-refractivity contribution is 0.415. The van der Waals surface area contributed by atoms with E-state index in [0.29, 0.717) is 16.3 Å². The van der Waals surface area contributed by atoms with Crippen LogP contribution in [0.1, 0.15) is 17.2 Å². The summed E-state index contributed by atoms with van der Waals surface area (Å²) in [5.74, 6) is -0.659. The molecule has 0 aliphatic carbocycles. The van der Waals surface area contributed by atoms with Crippen LogP contribution in [0, 0.1) is 18.6 Å². The van der Waals surface area contributed by atoms with Crippen LogP contribution in [0.5, 0.6) is 5.75 Å². The molecule has 3 aromatic rings. The molecule has 0 fully saturated rings. The third kappa shape index (κ3) is 4.75. The Hall–Kier alpha value is -2.73. The van der Waals surface area contributed by atoms with E-state index >= 15 is 0 Å². The average molecular weight is 401 g/mol. The number of hydrogen-bond acceptors (Lipinski definition) is 3. The van der Waals surface area contributed by atoms with Gasteiger partial charge in [0, 0.05) is 16.1 Å². The zero-order valence-corrected chi connectivity index (χ0v) is 16.4. The van der Waals surface area contributed by atoms with Gasteiger partial charge < -0.3 is 10.1 Å². The van der Waals surface area contributed by atoms with Crippen molar-refractivity contribution in [3.8, 4) is 5.75 Å². The van der Waals surface area contributed by atoms with Gasteiger partial charge in [-0.15, -0.1) is 0 Å². The van der Waals surface area contributed by atoms with Crippen LogP contribution in [-0.4, -0.2) is 17.1 Å². The monoisotopic (exact) mass is 401 g/mol. The van der Waals surface area contributed by atoms with Crippen molar-refractivity contribution in [3.63, 3.8) is 0 Å². The van der Waals surface area contributed by atoms with Crippen LogP contribution in [-0.2, 0) is 10.8 Å². The molecule has 0 aromatic heterocycles. The first-order valence-electron chi connectivity index (χ1n) is 8.77. The van der Waals surface area contributed by atoms with Gasteiger partial charge in [-0.25, -0.2) is 8.78 Å². The van der Waals surface area contributed by atoms with Gasteiger partial charge in [-0.1, -0.05) is 23.8 Å². The fourth-order valence-corrected chi connectivity index (χ4v) is 4.05. The summed E-state index contributed by atoms with van der Waals surface area (Å²) in [6.07, 6.45) is 0. The average Bonchev–Trinajstić information content (AvgIpc) is 2.69. The molecule has 0 aliphatic rings. The van der Waals surface area contributed by atoms with Crippen molar-refractivity contribution in [1.29, 1.82) is 0 Å². The third-order valence-electron chi connectivity index (χ3n) is 4.38. The van der Waals surface area contributed by atoms with Crippen LogP contribution in [0.2, 0.25) is 0 Å². The van der Waals surface area contributed by atoms with Crippen molar-refractivity contribution in [2.45, 2.75) is 17.9 Å². The molecule has 0 radical (unpaired) electrons. The molecule has 146 valence electrons. The second-order valence-electron chi connectivity index (χ2n) is 6.39. The highest BCUT2D eigenvalue weighted by Crippen LogP contribution is 2.28. The van der Waals surface area contributed by atoms with Gasteiger partial charge in [0.1, 0.15) is 17.4 Å². The molecule has 6 heteroatoms. The van der Waals surface area contributed by atoms with E-state index in [9.17, 15) is 13.0 Å². The summed E-state index contributed by atoms with van der Waals surface area (Å²) in [4.78, 5) is 0.615. The van der Waals surface area contributed by atoms with Crippen LogP contribution in [0.15, 0.2) is 71.6 Å². The first kappa shape index (κ1) is 20.0. The molecule has 0 bridgehead atoms. The number of rotatable bonds is 7. The molecule has 2 unspecified atom stereocenters. The van der Waals surface area contributed by atoms with E-state index in [1.807, 2.05) is 19.1 Å². The maximum absolute atomic E-state index is 14.4. The SMILES string of the molecule is COc1ccc(NC(CS(=O)c2ccc(C)cc2)c2c(F)cccc2F)cc1. The van der Waals surface area contributed by atoms with Gasteiger partial charge in [0.05, 0.1) is 29.7 Å². The van der Waals surface area contributed by atoms with E-state index in [4.69, 9.17) is 4.74 Å². The van der Waals surface area contributed by atoms with Crippen LogP contribution in [0.25, 0.3) is 0 Å². The summed E-state index contributed by atoms with van der Waals surface area (Å²) in [6.45, 7) is 1.94. The predicted molar refractivity (Wildman–Crippen MR) is 108 cm³/mol. The Balaban J connectivity index is 1.91. The maximum atomic E-state index is 14.4. The number of nitrogens with one attached hydrogen (secondary N) is 1. The highest BCUT2D eigenvalue weighted by molar-refractivity contribution is 7.85. The maximum Gasteiger partial charge on any atom is 0.131 e. The lowest BCUT2D eigenvalue weighted by Gasteiger charge is -2.21. The molecule has 3 rings (SSSR count). The van der Waals surface area contributed by atoms with Crippen LogP contribution >= 0.6 is 0 Å². The van der Waals surface area contributed by atoms with E-state index in [-0.39, 0.29) is 11.3 Å². The molecule has 0 aliphatic heterocycles. The fraction of sp³-hybridized carbons (Fsp3) is 0.182. The Morgan fingerprint density at radius 2 is 1.57 bits per heavy atom. The molecular formula is C22H21F2NO2S. The molecule has 2 atom stereocenters. The second-order valence-corrected chi connectivity index (χ2v) is 7.88. The third-order valence-corrected chi connectivity index (χ3v) is 5.82. The highest BCUT2D eigenvalue weighted by atomic mass is 32.2. The molecule has 3 aromatic carbocycles. The molecule has 0 heterocycles. The highest BCUT2D eigenvalue weighted by Gasteiger charge is 2.23. The van der Waals surface area contributed by atoms with Crippen molar-refractivity contribution >= 4 is 16.5 Å². The lowest BCUT2D eigenvalue weighted by atomic mass is 10.1. The Bertz CT molecular complexity index is 939. The first-order chi connectivity index (χ1) is 13.5. The Morgan fingerprint density at radius 3 is 2.14 bits per heavy atom. The minimum atomic E-state index is -1.44. The van der Waals surface area contributed by atoms with Crippen molar-refractivity contribution in [2.24, 2.45) is 0 Å². The van der Waals surface area contributed by atoms with Gasteiger partial charge in [0.2, 0.25) is 0 Å². The molecule has 3 nitrogen and oxygen atoms in total. The number of hydrogen-bond donors (Lipinski definition) is 1. The number of anilines is 1. The van der Waals surface area contributed by atoms with Gasteiger partial charge in [0.15, 0.2) is 0 Å². The summed E-state index contributed by atoms with van der Waals surface area (Å²) < 4.78 is 46.8. The van der Waals surface area contributed by atoms with Crippen LogP contribution in [0.4, 0.5) is 14.5 Å². The Labute approximate surface area is 165 Å². The minimum Gasteiger partial charge on any atom is -0.497 e. The normalized spacial score (nSPS) is 13.0. The van der Waals surface area contributed by atoms with Crippen molar-refractivity contribution in [1.82, 2.24) is 0 Å². The fourth-order valence-electron chi connectivity index (χ4n) is 2.87. The number of methoxy groups -OCH3 is 1. The van der Waals surface area contributed by atoms with Crippen molar-refractivity contribution in [2.75, 3.05) is 18.2 Å². The van der Waals surface area contributed by atoms with E-state index in [1.54, 1.807) is 43.5 Å². The molecule has 1 N–H and O–H groups in total. The topological polar surface area (TPSA) is 38.3 Å². The van der Waals surface area contributed by atoms with E-state index in [0.717, 1.165) is 5.56 Å². The lowest BCUT2D eigenvalue weighted by Crippen LogP contribution is -2.21. The van der Waals surface area contributed by atoms with Gasteiger partial charge in [0.25, 0.3) is 0 Å². The summed E-state index contributed by atoms with van der Waals surface area (Å²) in [5.41, 5.74) is 1.57. The standard InChI is InChI=1S/C22H21F2NO2S/c1-15-6-12-18(13-7-15)28(26)14-21(22-19(23)4-3-5-20(22)24)25-16-8-10-17(27-2)11-9-16/h3-13,21,25H,14H2,1-2H3. The molecule has 0 spiro atoms. The first-order valence-corrected chi connectivity index (χ1v) is 10.1.